The van der Waals surface area contributed by atoms with Gasteiger partial charge in [-0.25, -0.2) is 0 Å². The van der Waals surface area contributed by atoms with Crippen LogP contribution in [0.15, 0.2) is 17.5 Å². The molecule has 0 aromatic carbocycles. The van der Waals surface area contributed by atoms with Crippen LogP contribution in [0.1, 0.15) is 11.3 Å². The Morgan fingerprint density at radius 3 is 2.93 bits per heavy atom. The van der Waals surface area contributed by atoms with E-state index in [1.54, 1.807) is 11.3 Å². The normalized spacial score (nSPS) is 10.6. The van der Waals surface area contributed by atoms with Crippen molar-refractivity contribution >= 4 is 17.3 Å². The fourth-order valence-corrected chi connectivity index (χ4v) is 1.95. The summed E-state index contributed by atoms with van der Waals surface area (Å²) in [6.07, 6.45) is 1.52. The average molecular weight is 227 g/mol. The van der Waals surface area contributed by atoms with Gasteiger partial charge < -0.3 is 9.64 Å². The minimum atomic E-state index is -0.141. The minimum absolute atomic E-state index is 0.141. The monoisotopic (exact) mass is 227 g/mol. The van der Waals surface area contributed by atoms with Gasteiger partial charge >= 0.3 is 5.97 Å². The maximum Gasteiger partial charge on any atom is 0.306 e. The molecular weight excluding hydrogens is 210 g/mol. The zero-order valence-corrected chi connectivity index (χ0v) is 10.0. The number of hydrogen-bond acceptors (Lipinski definition) is 4. The van der Waals surface area contributed by atoms with E-state index in [4.69, 9.17) is 0 Å². The fraction of sp³-hybridized carbons (Fsp3) is 0.545. The topological polar surface area (TPSA) is 29.5 Å². The third kappa shape index (κ3) is 4.95. The highest BCUT2D eigenvalue weighted by Crippen LogP contribution is 2.09. The minimum Gasteiger partial charge on any atom is -0.469 e. The first-order valence-electron chi connectivity index (χ1n) is 5.00. The van der Waals surface area contributed by atoms with E-state index in [1.807, 2.05) is 7.05 Å². The van der Waals surface area contributed by atoms with E-state index in [2.05, 4.69) is 27.1 Å². The van der Waals surface area contributed by atoms with Crippen molar-refractivity contribution < 1.29 is 9.53 Å². The number of nitrogens with zero attached hydrogens (tertiary/aromatic N) is 1. The van der Waals surface area contributed by atoms with Gasteiger partial charge in [0.25, 0.3) is 0 Å². The van der Waals surface area contributed by atoms with Crippen LogP contribution in [-0.4, -0.2) is 38.1 Å². The molecule has 0 N–H and O–H groups in total. The number of esters is 1. The van der Waals surface area contributed by atoms with Gasteiger partial charge in [-0.15, -0.1) is 11.3 Å². The van der Waals surface area contributed by atoms with Crippen LogP contribution in [0, 0.1) is 0 Å². The number of methoxy groups -OCH3 is 1. The van der Waals surface area contributed by atoms with Crippen molar-refractivity contribution in [2.24, 2.45) is 0 Å². The lowest BCUT2D eigenvalue weighted by atomic mass is 10.3. The lowest BCUT2D eigenvalue weighted by molar-refractivity contribution is -0.140. The largest absolute Gasteiger partial charge is 0.469 e. The Labute approximate surface area is 94.7 Å². The quantitative estimate of drug-likeness (QED) is 0.694. The molecule has 1 aromatic rings. The van der Waals surface area contributed by atoms with Crippen molar-refractivity contribution in [2.45, 2.75) is 12.8 Å². The number of ether oxygens (including phenoxy) is 1. The predicted molar refractivity (Wildman–Crippen MR) is 62.2 cm³/mol. The highest BCUT2D eigenvalue weighted by Gasteiger charge is 2.04. The first-order valence-corrected chi connectivity index (χ1v) is 5.88. The molecule has 0 atom stereocenters. The van der Waals surface area contributed by atoms with Crippen molar-refractivity contribution in [3.05, 3.63) is 22.4 Å². The van der Waals surface area contributed by atoms with Gasteiger partial charge in [-0.3, -0.25) is 4.79 Å². The molecule has 0 fully saturated rings. The van der Waals surface area contributed by atoms with Crippen LogP contribution in [0.3, 0.4) is 0 Å². The Balaban J connectivity index is 2.13. The van der Waals surface area contributed by atoms with E-state index < -0.39 is 0 Å². The van der Waals surface area contributed by atoms with E-state index in [9.17, 15) is 4.79 Å². The van der Waals surface area contributed by atoms with Crippen LogP contribution < -0.4 is 0 Å². The van der Waals surface area contributed by atoms with Gasteiger partial charge in [0.1, 0.15) is 0 Å². The van der Waals surface area contributed by atoms with E-state index in [1.165, 1.54) is 12.0 Å². The number of thiophene rings is 1. The lowest BCUT2D eigenvalue weighted by Gasteiger charge is -2.14. The van der Waals surface area contributed by atoms with Crippen molar-refractivity contribution in [3.63, 3.8) is 0 Å². The fourth-order valence-electron chi connectivity index (χ4n) is 1.25. The molecule has 0 spiro atoms. The van der Waals surface area contributed by atoms with Crippen molar-refractivity contribution in [1.82, 2.24) is 4.90 Å². The number of carbonyl (C=O) groups excluding carboxylic acids is 1. The Kier molecular flexibility index (Phi) is 5.36. The Hall–Kier alpha value is -0.870. The molecule has 0 saturated carbocycles. The van der Waals surface area contributed by atoms with E-state index in [-0.39, 0.29) is 5.97 Å². The maximum atomic E-state index is 10.9. The van der Waals surface area contributed by atoms with Gasteiger partial charge in [-0.1, -0.05) is 6.07 Å². The summed E-state index contributed by atoms with van der Waals surface area (Å²) in [5.41, 5.74) is 0. The molecule has 1 rings (SSSR count). The van der Waals surface area contributed by atoms with Crippen LogP contribution in [0.4, 0.5) is 0 Å². The van der Waals surface area contributed by atoms with E-state index in [0.29, 0.717) is 6.42 Å². The Morgan fingerprint density at radius 2 is 2.33 bits per heavy atom. The molecule has 0 radical (unpaired) electrons. The molecule has 3 nitrogen and oxygen atoms in total. The maximum absolute atomic E-state index is 10.9. The summed E-state index contributed by atoms with van der Waals surface area (Å²) in [6.45, 7) is 1.75. The average Bonchev–Trinajstić information content (AvgIpc) is 2.75. The summed E-state index contributed by atoms with van der Waals surface area (Å²) in [4.78, 5) is 14.4. The molecule has 4 heteroatoms. The molecule has 0 bridgehead atoms. The molecule has 0 aliphatic rings. The lowest BCUT2D eigenvalue weighted by Crippen LogP contribution is -2.24. The summed E-state index contributed by atoms with van der Waals surface area (Å²) in [5.74, 6) is -0.141. The molecule has 0 unspecified atom stereocenters. The van der Waals surface area contributed by atoms with Gasteiger partial charge in [-0.05, 0) is 24.9 Å². The predicted octanol–water partition coefficient (Wildman–Crippen LogP) is 1.79. The SMILES string of the molecule is COC(=O)CCN(C)CCc1cccs1. The van der Waals surface area contributed by atoms with Crippen LogP contribution in [0.2, 0.25) is 0 Å². The molecule has 1 aromatic heterocycles. The molecule has 0 aliphatic heterocycles. The number of carbonyl (C=O) groups is 1. The van der Waals surface area contributed by atoms with Crippen molar-refractivity contribution in [1.29, 1.82) is 0 Å². The number of rotatable bonds is 6. The Bertz CT molecular complexity index is 285. The molecular formula is C11H17NO2S. The number of hydrogen-bond donors (Lipinski definition) is 0. The summed E-state index contributed by atoms with van der Waals surface area (Å²) < 4.78 is 4.59. The van der Waals surface area contributed by atoms with Crippen molar-refractivity contribution in [2.75, 3.05) is 27.2 Å². The van der Waals surface area contributed by atoms with Crippen LogP contribution in [0.5, 0.6) is 0 Å². The smallest absolute Gasteiger partial charge is 0.306 e. The van der Waals surface area contributed by atoms with Gasteiger partial charge in [0, 0.05) is 18.0 Å². The van der Waals surface area contributed by atoms with Gasteiger partial charge in [0.2, 0.25) is 0 Å². The summed E-state index contributed by atoms with van der Waals surface area (Å²) in [7, 11) is 3.45. The molecule has 84 valence electrons. The standard InChI is InChI=1S/C11H17NO2S/c1-12(8-6-11(13)14-2)7-5-10-4-3-9-15-10/h3-4,9H,5-8H2,1-2H3. The second kappa shape index (κ2) is 6.58. The number of likely N-dealkylation sites (N-methyl/N-ethyl adjacent to an activating group) is 1. The zero-order valence-electron chi connectivity index (χ0n) is 9.23. The first-order chi connectivity index (χ1) is 7.22. The van der Waals surface area contributed by atoms with Crippen LogP contribution in [0.25, 0.3) is 0 Å². The molecule has 0 amide bonds. The van der Waals surface area contributed by atoms with Crippen LogP contribution >= 0.6 is 11.3 Å². The third-order valence-corrected chi connectivity index (χ3v) is 3.18. The second-order valence-corrected chi connectivity index (χ2v) is 4.49. The molecule has 1 heterocycles. The highest BCUT2D eigenvalue weighted by atomic mass is 32.1. The molecule has 15 heavy (non-hydrogen) atoms. The van der Waals surface area contributed by atoms with Gasteiger partial charge in [0.15, 0.2) is 0 Å². The van der Waals surface area contributed by atoms with E-state index >= 15 is 0 Å². The summed E-state index contributed by atoms with van der Waals surface area (Å²) in [5, 5.41) is 2.09. The molecule has 0 saturated heterocycles. The van der Waals surface area contributed by atoms with Crippen molar-refractivity contribution in [3.8, 4) is 0 Å². The zero-order chi connectivity index (χ0) is 11.1. The Morgan fingerprint density at radius 1 is 1.53 bits per heavy atom. The second-order valence-electron chi connectivity index (χ2n) is 3.46. The van der Waals surface area contributed by atoms with Gasteiger partial charge in [0.05, 0.1) is 13.5 Å². The summed E-state index contributed by atoms with van der Waals surface area (Å²) >= 11 is 1.78. The van der Waals surface area contributed by atoms with E-state index in [0.717, 1.165) is 19.5 Å². The van der Waals surface area contributed by atoms with Crippen LogP contribution in [-0.2, 0) is 16.0 Å². The third-order valence-electron chi connectivity index (χ3n) is 2.25. The molecule has 0 aliphatic carbocycles. The van der Waals surface area contributed by atoms with Gasteiger partial charge in [-0.2, -0.15) is 0 Å². The first kappa shape index (κ1) is 12.2. The highest BCUT2D eigenvalue weighted by molar-refractivity contribution is 7.09. The summed E-state index contributed by atoms with van der Waals surface area (Å²) in [6, 6.07) is 4.20.